The molecule has 0 bridgehead atoms. The summed E-state index contributed by atoms with van der Waals surface area (Å²) in [6.45, 7) is 2.16. The molecule has 0 amide bonds. The summed E-state index contributed by atoms with van der Waals surface area (Å²) in [5.74, 6) is 6.61. The molecule has 1 aromatic heterocycles. The number of nitrogens with one attached hydrogen (secondary N) is 1. The molecule has 1 aromatic rings. The van der Waals surface area contributed by atoms with Crippen LogP contribution in [0.2, 0.25) is 0 Å². The van der Waals surface area contributed by atoms with Crippen molar-refractivity contribution in [3.63, 3.8) is 0 Å². The van der Waals surface area contributed by atoms with Crippen LogP contribution in [0.15, 0.2) is 36.5 Å². The van der Waals surface area contributed by atoms with Gasteiger partial charge in [0.05, 0.1) is 0 Å². The predicted octanol–water partition coefficient (Wildman–Crippen LogP) is 5.40. The summed E-state index contributed by atoms with van der Waals surface area (Å²) in [6.07, 6.45) is 24.9. The van der Waals surface area contributed by atoms with Crippen LogP contribution in [0.25, 0.3) is 0 Å². The maximum atomic E-state index is 5.77. The second kappa shape index (κ2) is 13.8. The van der Waals surface area contributed by atoms with E-state index in [0.717, 1.165) is 37.9 Å². The zero-order valence-corrected chi connectivity index (χ0v) is 15.7. The summed E-state index contributed by atoms with van der Waals surface area (Å²) in [6, 6.07) is 0. The third-order valence-corrected chi connectivity index (χ3v) is 4.12. The summed E-state index contributed by atoms with van der Waals surface area (Å²) >= 11 is 4.99. The molecule has 0 atom stereocenters. The van der Waals surface area contributed by atoms with Crippen molar-refractivity contribution >= 4 is 12.2 Å². The number of nitrogens with two attached hydrogens (primary N) is 1. The van der Waals surface area contributed by atoms with E-state index in [1.165, 1.54) is 36.8 Å². The molecule has 0 spiro atoms. The molecule has 0 radical (unpaired) electrons. The summed E-state index contributed by atoms with van der Waals surface area (Å²) in [5.41, 5.74) is 0. The number of allylic oxidation sites excluding steroid dienone is 6. The van der Waals surface area contributed by atoms with Gasteiger partial charge in [0.15, 0.2) is 5.82 Å². The van der Waals surface area contributed by atoms with E-state index in [1.54, 1.807) is 0 Å². The molecule has 0 fully saturated rings. The highest BCUT2D eigenvalue weighted by Gasteiger charge is 2.01. The molecule has 0 saturated heterocycles. The molecule has 4 nitrogen and oxygen atoms in total. The van der Waals surface area contributed by atoms with E-state index in [2.05, 4.69) is 53.6 Å². The Kier molecular flexibility index (Phi) is 11.7. The average molecular weight is 349 g/mol. The molecule has 3 N–H and O–H groups in total. The SMILES string of the molecule is CC/C=C\C/C=C\C/C=C\CCCCCCCc1n[nH]c(=S)n1N. The highest BCUT2D eigenvalue weighted by Crippen LogP contribution is 2.08. The monoisotopic (exact) mass is 348 g/mol. The van der Waals surface area contributed by atoms with Gasteiger partial charge in [-0.05, 0) is 50.7 Å². The van der Waals surface area contributed by atoms with E-state index >= 15 is 0 Å². The van der Waals surface area contributed by atoms with Crippen LogP contribution in [0.3, 0.4) is 0 Å². The number of unbranched alkanes of at least 4 members (excludes halogenated alkanes) is 5. The Morgan fingerprint density at radius 3 is 2.25 bits per heavy atom. The molecule has 24 heavy (non-hydrogen) atoms. The van der Waals surface area contributed by atoms with Gasteiger partial charge in [-0.3, -0.25) is 5.10 Å². The lowest BCUT2D eigenvalue weighted by Crippen LogP contribution is -2.12. The maximum Gasteiger partial charge on any atom is 0.214 e. The number of hydrogen-bond donors (Lipinski definition) is 2. The van der Waals surface area contributed by atoms with E-state index in [0.29, 0.717) is 4.77 Å². The van der Waals surface area contributed by atoms with Crippen molar-refractivity contribution in [1.29, 1.82) is 0 Å². The number of nitrogen functional groups attached to an aromatic ring is 1. The lowest BCUT2D eigenvalue weighted by atomic mass is 10.1. The van der Waals surface area contributed by atoms with Gasteiger partial charge in [0, 0.05) is 6.42 Å². The lowest BCUT2D eigenvalue weighted by Gasteiger charge is -2.01. The van der Waals surface area contributed by atoms with Crippen LogP contribution in [0.1, 0.15) is 70.5 Å². The van der Waals surface area contributed by atoms with Crippen molar-refractivity contribution in [3.8, 4) is 0 Å². The zero-order chi connectivity index (χ0) is 17.5. The molecule has 0 saturated carbocycles. The maximum absolute atomic E-state index is 5.77. The molecule has 0 aliphatic rings. The first kappa shape index (κ1) is 20.4. The van der Waals surface area contributed by atoms with Crippen molar-refractivity contribution in [3.05, 3.63) is 47.1 Å². The van der Waals surface area contributed by atoms with Crippen LogP contribution in [-0.2, 0) is 6.42 Å². The summed E-state index contributed by atoms with van der Waals surface area (Å²) in [7, 11) is 0. The number of hydrogen-bond acceptors (Lipinski definition) is 3. The first-order chi connectivity index (χ1) is 11.8. The van der Waals surface area contributed by atoms with Gasteiger partial charge >= 0.3 is 0 Å². The van der Waals surface area contributed by atoms with Gasteiger partial charge in [0.1, 0.15) is 0 Å². The van der Waals surface area contributed by atoms with Crippen LogP contribution in [0.5, 0.6) is 0 Å². The average Bonchev–Trinajstić information content (AvgIpc) is 2.90. The first-order valence-electron chi connectivity index (χ1n) is 9.12. The van der Waals surface area contributed by atoms with Crippen molar-refractivity contribution < 1.29 is 0 Å². The molecule has 1 heterocycles. The Balaban J connectivity index is 1.91. The summed E-state index contributed by atoms with van der Waals surface area (Å²) < 4.78 is 1.96. The lowest BCUT2D eigenvalue weighted by molar-refractivity contribution is 0.604. The smallest absolute Gasteiger partial charge is 0.214 e. The van der Waals surface area contributed by atoms with Gasteiger partial charge in [-0.25, -0.2) is 4.68 Å². The Hall–Kier alpha value is -1.62. The molecule has 1 rings (SSSR count). The quantitative estimate of drug-likeness (QED) is 0.217. The second-order valence-electron chi connectivity index (χ2n) is 5.92. The standard InChI is InChI=1S/C19H32N4S/c1-2-3-4-5-6-7-8-9-10-11-12-13-14-15-16-17-18-21-22-19(24)23(18)20/h3-4,6-7,9-10H,2,5,8,11-17,20H2,1H3,(H,22,24)/b4-3-,7-6-,10-9-. The predicted molar refractivity (Wildman–Crippen MR) is 106 cm³/mol. The summed E-state index contributed by atoms with van der Waals surface area (Å²) in [4.78, 5) is 0. The van der Waals surface area contributed by atoms with Crippen LogP contribution in [0, 0.1) is 4.77 Å². The molecule has 0 aliphatic heterocycles. The van der Waals surface area contributed by atoms with Crippen LogP contribution in [0.4, 0.5) is 0 Å². The second-order valence-corrected chi connectivity index (χ2v) is 6.30. The fourth-order valence-electron chi connectivity index (χ4n) is 2.42. The van der Waals surface area contributed by atoms with Gasteiger partial charge in [-0.2, -0.15) is 5.10 Å². The Morgan fingerprint density at radius 1 is 0.958 bits per heavy atom. The first-order valence-corrected chi connectivity index (χ1v) is 9.53. The van der Waals surface area contributed by atoms with Crippen LogP contribution < -0.4 is 5.84 Å². The Bertz CT molecular complexity index is 566. The molecule has 5 heteroatoms. The van der Waals surface area contributed by atoms with Gasteiger partial charge in [-0.15, -0.1) is 0 Å². The van der Waals surface area contributed by atoms with Gasteiger partial charge in [-0.1, -0.05) is 62.6 Å². The largest absolute Gasteiger partial charge is 0.335 e. The molecular formula is C19H32N4S. The molecule has 0 aliphatic carbocycles. The van der Waals surface area contributed by atoms with Gasteiger partial charge < -0.3 is 5.84 Å². The normalized spacial score (nSPS) is 12.2. The Labute approximate surface area is 151 Å². The number of nitrogens with zero attached hydrogens (tertiary/aromatic N) is 2. The van der Waals surface area contributed by atoms with Gasteiger partial charge in [0.2, 0.25) is 4.77 Å². The van der Waals surface area contributed by atoms with Crippen molar-refractivity contribution in [2.45, 2.75) is 71.1 Å². The fraction of sp³-hybridized carbons (Fsp3) is 0.579. The minimum atomic E-state index is 0.490. The minimum Gasteiger partial charge on any atom is -0.335 e. The van der Waals surface area contributed by atoms with Crippen molar-refractivity contribution in [1.82, 2.24) is 14.9 Å². The van der Waals surface area contributed by atoms with E-state index in [-0.39, 0.29) is 0 Å². The van der Waals surface area contributed by atoms with E-state index in [1.807, 2.05) is 0 Å². The highest BCUT2D eigenvalue weighted by molar-refractivity contribution is 7.71. The van der Waals surface area contributed by atoms with Crippen molar-refractivity contribution in [2.75, 3.05) is 5.84 Å². The summed E-state index contributed by atoms with van der Waals surface area (Å²) in [5, 5.41) is 6.84. The van der Waals surface area contributed by atoms with Gasteiger partial charge in [0.25, 0.3) is 0 Å². The molecule has 0 aromatic carbocycles. The number of H-pyrrole nitrogens is 1. The topological polar surface area (TPSA) is 59.6 Å². The molecule has 0 unspecified atom stereocenters. The molecular weight excluding hydrogens is 316 g/mol. The van der Waals surface area contributed by atoms with Crippen LogP contribution in [-0.4, -0.2) is 14.9 Å². The van der Waals surface area contributed by atoms with Crippen LogP contribution >= 0.6 is 12.2 Å². The Morgan fingerprint density at radius 2 is 1.58 bits per heavy atom. The fourth-order valence-corrected chi connectivity index (χ4v) is 2.57. The number of aryl methyl sites for hydroxylation is 1. The highest BCUT2D eigenvalue weighted by atomic mass is 32.1. The van der Waals surface area contributed by atoms with E-state index in [9.17, 15) is 0 Å². The van der Waals surface area contributed by atoms with E-state index in [4.69, 9.17) is 18.1 Å². The number of aromatic amines is 1. The number of aromatic nitrogens is 3. The van der Waals surface area contributed by atoms with Crippen molar-refractivity contribution in [2.24, 2.45) is 0 Å². The minimum absolute atomic E-state index is 0.490. The number of rotatable bonds is 13. The third-order valence-electron chi connectivity index (χ3n) is 3.83. The molecule has 134 valence electrons. The third kappa shape index (κ3) is 9.50. The van der Waals surface area contributed by atoms with E-state index < -0.39 is 0 Å². The zero-order valence-electron chi connectivity index (χ0n) is 14.9.